The normalized spacial score (nSPS) is 14.0. The van der Waals surface area contributed by atoms with Crippen molar-refractivity contribution in [1.82, 2.24) is 4.72 Å². The second-order valence-electron chi connectivity index (χ2n) is 7.20. The summed E-state index contributed by atoms with van der Waals surface area (Å²) in [7, 11) is -4.73. The summed E-state index contributed by atoms with van der Waals surface area (Å²) in [5.74, 6) is -2.43. The van der Waals surface area contributed by atoms with E-state index in [-0.39, 0.29) is 5.56 Å². The Morgan fingerprint density at radius 2 is 1.85 bits per heavy atom. The number of alkyl halides is 2. The summed E-state index contributed by atoms with van der Waals surface area (Å²) in [5, 5.41) is 11.3. The molecule has 0 aliphatic heterocycles. The molecule has 0 aromatic heterocycles. The number of carbonyl (C=O) groups is 1. The van der Waals surface area contributed by atoms with E-state index < -0.39 is 68.3 Å². The second-order valence-corrected chi connectivity index (χ2v) is 9.77. The minimum atomic E-state index is -4.73. The van der Waals surface area contributed by atoms with Crippen molar-refractivity contribution in [3.05, 3.63) is 68.4 Å². The van der Waals surface area contributed by atoms with Gasteiger partial charge in [0.05, 0.1) is 17.1 Å². The molecule has 9 nitrogen and oxygen atoms in total. The Morgan fingerprint density at radius 3 is 2.39 bits per heavy atom. The summed E-state index contributed by atoms with van der Waals surface area (Å²) >= 11 is 3.12. The average Bonchev–Trinajstić information content (AvgIpc) is 2.76. The monoisotopic (exact) mass is 553 g/mol. The van der Waals surface area contributed by atoms with Crippen molar-refractivity contribution in [1.29, 1.82) is 0 Å². The summed E-state index contributed by atoms with van der Waals surface area (Å²) in [6.07, 6.45) is 0. The number of rotatable bonds is 11. The van der Waals surface area contributed by atoms with Crippen molar-refractivity contribution in [2.24, 2.45) is 5.73 Å². The summed E-state index contributed by atoms with van der Waals surface area (Å²) < 4.78 is 75.4. The molecule has 0 aliphatic rings. The van der Waals surface area contributed by atoms with Gasteiger partial charge in [-0.15, -0.1) is 0 Å². The predicted octanol–water partition coefficient (Wildman–Crippen LogP) is 2.87. The van der Waals surface area contributed by atoms with Crippen molar-refractivity contribution in [3.8, 4) is 0 Å². The maximum absolute atomic E-state index is 14.7. The summed E-state index contributed by atoms with van der Waals surface area (Å²) in [4.78, 5) is 21.2. The van der Waals surface area contributed by atoms with E-state index in [1.54, 1.807) is 0 Å². The van der Waals surface area contributed by atoms with Crippen LogP contribution < -0.4 is 10.5 Å². The zero-order valence-electron chi connectivity index (χ0n) is 17.1. The summed E-state index contributed by atoms with van der Waals surface area (Å²) in [6, 6.07) is 7.87. The molecule has 2 rings (SSSR count). The number of primary amides is 1. The van der Waals surface area contributed by atoms with Gasteiger partial charge < -0.3 is 10.5 Å². The molecule has 0 aliphatic carbocycles. The van der Waals surface area contributed by atoms with Crippen LogP contribution in [0.25, 0.3) is 0 Å². The Hall–Kier alpha value is -2.55. The Balaban J connectivity index is 2.62. The van der Waals surface area contributed by atoms with Gasteiger partial charge in [0.1, 0.15) is 19.2 Å². The maximum Gasteiger partial charge on any atom is 0.289 e. The van der Waals surface area contributed by atoms with Crippen LogP contribution in [0.3, 0.4) is 0 Å². The van der Waals surface area contributed by atoms with Crippen molar-refractivity contribution in [2.75, 3.05) is 20.0 Å². The number of para-hydroxylation sites is 1. The van der Waals surface area contributed by atoms with Crippen molar-refractivity contribution < 1.29 is 36.0 Å². The van der Waals surface area contributed by atoms with Crippen LogP contribution >= 0.6 is 15.9 Å². The quantitative estimate of drug-likeness (QED) is 0.323. The van der Waals surface area contributed by atoms with E-state index >= 15 is 0 Å². The highest BCUT2D eigenvalue weighted by Crippen LogP contribution is 2.32. The number of carbonyl (C=O) groups excluding carboxylic acids is 1. The van der Waals surface area contributed by atoms with Gasteiger partial charge >= 0.3 is 0 Å². The van der Waals surface area contributed by atoms with Gasteiger partial charge in [0.25, 0.3) is 11.6 Å². The van der Waals surface area contributed by atoms with Crippen LogP contribution in [-0.4, -0.2) is 44.8 Å². The standard InChI is InChI=1S/C19H19BrF3N3O6S/c1-18(13-8-12(20)6-7-14(13)23,11-32-19(9-21,10-22)17(24)27)25-33(30,31)16-5-3-2-4-15(16)26(28)29/h2-8,25H,9-11H2,1H3,(H2,24,27). The third kappa shape index (κ3) is 5.69. The first-order valence-corrected chi connectivity index (χ1v) is 11.4. The zero-order chi connectivity index (χ0) is 25.0. The van der Waals surface area contributed by atoms with Gasteiger partial charge in [-0.3, -0.25) is 14.9 Å². The second kappa shape index (κ2) is 10.2. The van der Waals surface area contributed by atoms with E-state index in [9.17, 15) is 36.5 Å². The van der Waals surface area contributed by atoms with E-state index in [4.69, 9.17) is 10.5 Å². The molecule has 0 bridgehead atoms. The van der Waals surface area contributed by atoms with Crippen molar-refractivity contribution >= 4 is 37.5 Å². The van der Waals surface area contributed by atoms with Crippen molar-refractivity contribution in [3.63, 3.8) is 0 Å². The van der Waals surface area contributed by atoms with Gasteiger partial charge in [0.15, 0.2) is 4.90 Å². The molecule has 0 heterocycles. The van der Waals surface area contributed by atoms with Gasteiger partial charge in [-0.25, -0.2) is 21.6 Å². The number of hydrogen-bond acceptors (Lipinski definition) is 6. The van der Waals surface area contributed by atoms with Crippen LogP contribution in [0.15, 0.2) is 51.8 Å². The van der Waals surface area contributed by atoms with E-state index in [0.717, 1.165) is 25.1 Å². The van der Waals surface area contributed by atoms with Crippen LogP contribution in [0.4, 0.5) is 18.9 Å². The lowest BCUT2D eigenvalue weighted by molar-refractivity contribution is -0.387. The maximum atomic E-state index is 14.7. The minimum Gasteiger partial charge on any atom is -0.367 e. The number of nitrogens with zero attached hydrogens (tertiary/aromatic N) is 1. The number of hydrogen-bond donors (Lipinski definition) is 2. The first-order valence-electron chi connectivity index (χ1n) is 9.10. The SMILES string of the molecule is CC(COC(CF)(CF)C(N)=O)(NS(=O)(=O)c1ccccc1[N+](=O)[O-])c1cc(Br)ccc1F. The van der Waals surface area contributed by atoms with E-state index in [2.05, 4.69) is 20.7 Å². The molecule has 0 fully saturated rings. The molecular formula is C19H19BrF3N3O6S. The molecule has 2 aromatic rings. The molecule has 0 saturated heterocycles. The Kier molecular flexibility index (Phi) is 8.22. The van der Waals surface area contributed by atoms with Crippen LogP contribution in [0.1, 0.15) is 12.5 Å². The zero-order valence-corrected chi connectivity index (χ0v) is 19.5. The molecule has 0 saturated carbocycles. The molecule has 180 valence electrons. The number of nitrogens with one attached hydrogen (secondary N) is 1. The highest BCUT2D eigenvalue weighted by atomic mass is 79.9. The topological polar surface area (TPSA) is 142 Å². The molecule has 0 radical (unpaired) electrons. The number of sulfonamides is 1. The lowest BCUT2D eigenvalue weighted by Gasteiger charge is -2.35. The molecule has 3 N–H and O–H groups in total. The van der Waals surface area contributed by atoms with Crippen LogP contribution in [0.5, 0.6) is 0 Å². The number of nitro groups is 1. The largest absolute Gasteiger partial charge is 0.367 e. The Morgan fingerprint density at radius 1 is 1.24 bits per heavy atom. The summed E-state index contributed by atoms with van der Waals surface area (Å²) in [5.41, 5.74) is -0.891. The predicted molar refractivity (Wildman–Crippen MR) is 115 cm³/mol. The van der Waals surface area contributed by atoms with Crippen molar-refractivity contribution in [2.45, 2.75) is 23.0 Å². The number of nitrogens with two attached hydrogens (primary N) is 1. The third-order valence-electron chi connectivity index (χ3n) is 4.75. The Bertz CT molecular complexity index is 1160. The molecule has 33 heavy (non-hydrogen) atoms. The first kappa shape index (κ1) is 26.7. The highest BCUT2D eigenvalue weighted by Gasteiger charge is 2.44. The molecular weight excluding hydrogens is 535 g/mol. The van der Waals surface area contributed by atoms with E-state index in [1.165, 1.54) is 24.3 Å². The lowest BCUT2D eigenvalue weighted by Crippen LogP contribution is -2.55. The highest BCUT2D eigenvalue weighted by molar-refractivity contribution is 9.10. The molecule has 1 amide bonds. The number of ether oxygens (including phenoxy) is 1. The number of nitro benzene ring substituents is 1. The van der Waals surface area contributed by atoms with Gasteiger partial charge in [0.2, 0.25) is 15.6 Å². The fourth-order valence-corrected chi connectivity index (χ4v) is 4.78. The third-order valence-corrected chi connectivity index (χ3v) is 6.89. The summed E-state index contributed by atoms with van der Waals surface area (Å²) in [6.45, 7) is -3.19. The van der Waals surface area contributed by atoms with Gasteiger partial charge in [-0.2, -0.15) is 4.72 Å². The van der Waals surface area contributed by atoms with E-state index in [1.807, 2.05) is 0 Å². The molecule has 14 heteroatoms. The molecule has 1 unspecified atom stereocenters. The minimum absolute atomic E-state index is 0.312. The van der Waals surface area contributed by atoms with Crippen LogP contribution in [-0.2, 0) is 25.1 Å². The first-order chi connectivity index (χ1) is 15.3. The Labute approximate surface area is 195 Å². The lowest BCUT2D eigenvalue weighted by atomic mass is 9.93. The van der Waals surface area contributed by atoms with E-state index in [0.29, 0.717) is 4.47 Å². The number of amides is 1. The fourth-order valence-electron chi connectivity index (χ4n) is 2.87. The number of halogens is 4. The van der Waals surface area contributed by atoms with Gasteiger partial charge in [-0.1, -0.05) is 28.1 Å². The average molecular weight is 554 g/mol. The van der Waals surface area contributed by atoms with Crippen LogP contribution in [0, 0.1) is 15.9 Å². The molecule has 1 atom stereocenters. The smallest absolute Gasteiger partial charge is 0.289 e. The number of benzene rings is 2. The van der Waals surface area contributed by atoms with Gasteiger partial charge in [0, 0.05) is 16.1 Å². The molecule has 0 spiro atoms. The van der Waals surface area contributed by atoms with Crippen LogP contribution in [0.2, 0.25) is 0 Å². The van der Waals surface area contributed by atoms with Gasteiger partial charge in [-0.05, 0) is 31.2 Å². The fraction of sp³-hybridized carbons (Fsp3) is 0.316. The molecule has 2 aromatic carbocycles.